The van der Waals surface area contributed by atoms with Crippen LogP contribution in [0.2, 0.25) is 0 Å². The number of unbranched alkanes of at least 4 members (excludes halogenated alkanes) is 1. The lowest BCUT2D eigenvalue weighted by Gasteiger charge is -2.08. The standard InChI is InChI=1S/C26H21FN8OS/c1-2-3-6-19(36)31-15-10-14(11-28-12-15)16-13-30-25-20(21(16)27)24(34-35-25)26-32-17-7-8-29-23(22(17)33-26)18-5-4-9-37-18/h4-5,7-13H,2-3,6H2,1H3,(H,31,36)(H,32,33)(H,30,34,35). The Hall–Kier alpha value is -4.51. The Kier molecular flexibility index (Phi) is 5.89. The molecular formula is C26H21FN8OS. The Balaban J connectivity index is 1.41. The van der Waals surface area contributed by atoms with Gasteiger partial charge in [-0.3, -0.25) is 19.9 Å². The fourth-order valence-corrected chi connectivity index (χ4v) is 4.91. The molecule has 9 nitrogen and oxygen atoms in total. The predicted molar refractivity (Wildman–Crippen MR) is 141 cm³/mol. The summed E-state index contributed by atoms with van der Waals surface area (Å²) in [6, 6.07) is 7.44. The molecular weight excluding hydrogens is 491 g/mol. The van der Waals surface area contributed by atoms with Crippen molar-refractivity contribution in [3.8, 4) is 33.2 Å². The maximum Gasteiger partial charge on any atom is 0.224 e. The molecule has 37 heavy (non-hydrogen) atoms. The number of H-pyrrole nitrogens is 2. The number of nitrogens with one attached hydrogen (secondary N) is 3. The molecule has 0 fully saturated rings. The molecule has 6 heterocycles. The van der Waals surface area contributed by atoms with Crippen LogP contribution in [0.5, 0.6) is 0 Å². The van der Waals surface area contributed by atoms with Crippen LogP contribution >= 0.6 is 11.3 Å². The highest BCUT2D eigenvalue weighted by atomic mass is 32.1. The van der Waals surface area contributed by atoms with Crippen molar-refractivity contribution in [2.75, 3.05) is 5.32 Å². The van der Waals surface area contributed by atoms with E-state index in [1.807, 2.05) is 30.5 Å². The van der Waals surface area contributed by atoms with E-state index in [9.17, 15) is 4.79 Å². The maximum atomic E-state index is 16.0. The zero-order chi connectivity index (χ0) is 25.4. The smallest absolute Gasteiger partial charge is 0.224 e. The zero-order valence-corrected chi connectivity index (χ0v) is 20.6. The van der Waals surface area contributed by atoms with Crippen molar-refractivity contribution in [2.45, 2.75) is 26.2 Å². The Morgan fingerprint density at radius 1 is 1.16 bits per heavy atom. The molecule has 6 rings (SSSR count). The van der Waals surface area contributed by atoms with Crippen LogP contribution in [0.25, 0.3) is 55.3 Å². The number of rotatable bonds is 7. The Bertz CT molecular complexity index is 1740. The molecule has 3 N–H and O–H groups in total. The Morgan fingerprint density at radius 3 is 2.92 bits per heavy atom. The average Bonchev–Trinajstić information content (AvgIpc) is 3.67. The average molecular weight is 513 g/mol. The summed E-state index contributed by atoms with van der Waals surface area (Å²) in [6.07, 6.45) is 8.35. The van der Waals surface area contributed by atoms with Crippen LogP contribution in [0.4, 0.5) is 10.1 Å². The summed E-state index contributed by atoms with van der Waals surface area (Å²) in [4.78, 5) is 34.2. The van der Waals surface area contributed by atoms with E-state index in [4.69, 9.17) is 4.98 Å². The first kappa shape index (κ1) is 22.9. The lowest BCUT2D eigenvalue weighted by atomic mass is 10.1. The third-order valence-electron chi connectivity index (χ3n) is 6.00. The topological polar surface area (TPSA) is 125 Å². The van der Waals surface area contributed by atoms with Gasteiger partial charge in [0.1, 0.15) is 22.7 Å². The first-order chi connectivity index (χ1) is 18.1. The van der Waals surface area contributed by atoms with Crippen molar-refractivity contribution in [3.63, 3.8) is 0 Å². The second-order valence-electron chi connectivity index (χ2n) is 8.51. The van der Waals surface area contributed by atoms with Gasteiger partial charge in [0.2, 0.25) is 5.91 Å². The highest BCUT2D eigenvalue weighted by Gasteiger charge is 2.21. The number of hydrogen-bond acceptors (Lipinski definition) is 7. The molecule has 6 aromatic rings. The molecule has 0 saturated heterocycles. The van der Waals surface area contributed by atoms with Crippen LogP contribution in [-0.2, 0) is 4.79 Å². The second kappa shape index (κ2) is 9.51. The molecule has 0 aliphatic heterocycles. The fraction of sp³-hybridized carbons (Fsp3) is 0.154. The molecule has 6 aromatic heterocycles. The molecule has 0 spiro atoms. The van der Waals surface area contributed by atoms with E-state index < -0.39 is 5.82 Å². The van der Waals surface area contributed by atoms with Gasteiger partial charge in [-0.1, -0.05) is 19.4 Å². The molecule has 11 heteroatoms. The Labute approximate surface area is 214 Å². The molecule has 0 radical (unpaired) electrons. The third kappa shape index (κ3) is 4.23. The lowest BCUT2D eigenvalue weighted by Crippen LogP contribution is -2.11. The predicted octanol–water partition coefficient (Wildman–Crippen LogP) is 5.95. The number of fused-ring (bicyclic) bond motifs is 2. The van der Waals surface area contributed by atoms with Gasteiger partial charge < -0.3 is 10.3 Å². The minimum atomic E-state index is -0.512. The van der Waals surface area contributed by atoms with Crippen LogP contribution in [-0.4, -0.2) is 41.0 Å². The maximum absolute atomic E-state index is 16.0. The molecule has 0 unspecified atom stereocenters. The van der Waals surface area contributed by atoms with Gasteiger partial charge in [-0.15, -0.1) is 11.3 Å². The number of amides is 1. The van der Waals surface area contributed by atoms with Crippen molar-refractivity contribution in [3.05, 3.63) is 60.3 Å². The summed E-state index contributed by atoms with van der Waals surface area (Å²) in [5.74, 6) is -0.213. The van der Waals surface area contributed by atoms with Crippen molar-refractivity contribution >= 4 is 45.0 Å². The number of aromatic amines is 2. The van der Waals surface area contributed by atoms with Crippen LogP contribution in [0, 0.1) is 5.82 Å². The summed E-state index contributed by atoms with van der Waals surface area (Å²) in [7, 11) is 0. The second-order valence-corrected chi connectivity index (χ2v) is 9.46. The number of anilines is 1. The van der Waals surface area contributed by atoms with Crippen LogP contribution in [0.1, 0.15) is 26.2 Å². The van der Waals surface area contributed by atoms with Crippen molar-refractivity contribution in [1.82, 2.24) is 35.1 Å². The number of nitrogens with zero attached hydrogens (tertiary/aromatic N) is 5. The first-order valence-corrected chi connectivity index (χ1v) is 12.7. The van der Waals surface area contributed by atoms with Crippen LogP contribution in [0.3, 0.4) is 0 Å². The summed E-state index contributed by atoms with van der Waals surface area (Å²) in [5.41, 5.74) is 4.03. The van der Waals surface area contributed by atoms with E-state index >= 15 is 4.39 Å². The van der Waals surface area contributed by atoms with Crippen molar-refractivity contribution in [1.29, 1.82) is 0 Å². The van der Waals surface area contributed by atoms with Gasteiger partial charge in [0.05, 0.1) is 27.7 Å². The zero-order valence-electron chi connectivity index (χ0n) is 19.7. The van der Waals surface area contributed by atoms with Crippen LogP contribution < -0.4 is 5.32 Å². The minimum Gasteiger partial charge on any atom is -0.336 e. The SMILES string of the molecule is CCCCC(=O)Nc1cncc(-c2cnc3[nH]nc(-c4nc5c(-c6cccs6)nccc5[nH]4)c3c2F)c1. The summed E-state index contributed by atoms with van der Waals surface area (Å²) >= 11 is 1.57. The van der Waals surface area contributed by atoms with Gasteiger partial charge in [-0.2, -0.15) is 5.10 Å². The summed E-state index contributed by atoms with van der Waals surface area (Å²) in [6.45, 7) is 2.02. The highest BCUT2D eigenvalue weighted by Crippen LogP contribution is 2.35. The van der Waals surface area contributed by atoms with Gasteiger partial charge in [0.15, 0.2) is 11.5 Å². The van der Waals surface area contributed by atoms with Gasteiger partial charge in [0, 0.05) is 36.1 Å². The monoisotopic (exact) mass is 512 g/mol. The molecule has 0 aliphatic carbocycles. The van der Waals surface area contributed by atoms with Gasteiger partial charge in [-0.05, 0) is 30.0 Å². The number of halogens is 1. The van der Waals surface area contributed by atoms with E-state index in [-0.39, 0.29) is 16.9 Å². The summed E-state index contributed by atoms with van der Waals surface area (Å²) in [5, 5.41) is 12.1. The number of imidazole rings is 1. The molecule has 1 amide bonds. The summed E-state index contributed by atoms with van der Waals surface area (Å²) < 4.78 is 16.0. The third-order valence-corrected chi connectivity index (χ3v) is 6.87. The molecule has 184 valence electrons. The van der Waals surface area contributed by atoms with E-state index in [0.29, 0.717) is 40.4 Å². The number of hydrogen-bond donors (Lipinski definition) is 3. The van der Waals surface area contributed by atoms with E-state index in [0.717, 1.165) is 28.9 Å². The number of thiophene rings is 1. The highest BCUT2D eigenvalue weighted by molar-refractivity contribution is 7.13. The number of aromatic nitrogens is 7. The van der Waals surface area contributed by atoms with Gasteiger partial charge >= 0.3 is 0 Å². The molecule has 0 saturated carbocycles. The number of pyridine rings is 3. The largest absolute Gasteiger partial charge is 0.336 e. The molecule has 0 aromatic carbocycles. The van der Waals surface area contributed by atoms with Gasteiger partial charge in [-0.25, -0.2) is 14.4 Å². The molecule has 0 bridgehead atoms. The van der Waals surface area contributed by atoms with E-state index in [2.05, 4.69) is 35.5 Å². The number of carbonyl (C=O) groups is 1. The lowest BCUT2D eigenvalue weighted by molar-refractivity contribution is -0.116. The van der Waals surface area contributed by atoms with Crippen LogP contribution in [0.15, 0.2) is 54.4 Å². The van der Waals surface area contributed by atoms with Crippen molar-refractivity contribution < 1.29 is 9.18 Å². The Morgan fingerprint density at radius 2 is 2.08 bits per heavy atom. The fourth-order valence-electron chi connectivity index (χ4n) is 4.18. The first-order valence-electron chi connectivity index (χ1n) is 11.8. The quantitative estimate of drug-likeness (QED) is 0.243. The van der Waals surface area contributed by atoms with Crippen molar-refractivity contribution in [2.24, 2.45) is 0 Å². The minimum absolute atomic E-state index is 0.103. The normalized spacial score (nSPS) is 11.4. The van der Waals surface area contributed by atoms with E-state index in [1.54, 1.807) is 23.6 Å². The van der Waals surface area contributed by atoms with Gasteiger partial charge in [0.25, 0.3) is 0 Å². The number of carbonyl (C=O) groups excluding carboxylic acids is 1. The van der Waals surface area contributed by atoms with E-state index in [1.165, 1.54) is 18.6 Å². The molecule has 0 atom stereocenters. The molecule has 0 aliphatic rings.